The molecule has 0 radical (unpaired) electrons. The summed E-state index contributed by atoms with van der Waals surface area (Å²) in [5, 5.41) is 5.76. The number of nitrogens with one attached hydrogen (secondary N) is 1. The molecule has 2 unspecified atom stereocenters. The van der Waals surface area contributed by atoms with Crippen molar-refractivity contribution in [1.29, 1.82) is 0 Å². The largest absolute Gasteiger partial charge is 0.486 e. The molecule has 3 rings (SSSR count). The molecule has 1 aliphatic heterocycles. The first-order valence-electron chi connectivity index (χ1n) is 6.95. The minimum absolute atomic E-state index is 0.187. The van der Waals surface area contributed by atoms with E-state index in [0.717, 1.165) is 18.0 Å². The van der Waals surface area contributed by atoms with Crippen LogP contribution in [0.2, 0.25) is 0 Å². The summed E-state index contributed by atoms with van der Waals surface area (Å²) in [6, 6.07) is 10.8. The van der Waals surface area contributed by atoms with E-state index in [-0.39, 0.29) is 12.1 Å². The predicted octanol–water partition coefficient (Wildman–Crippen LogP) is 4.26. The van der Waals surface area contributed by atoms with Crippen molar-refractivity contribution >= 4 is 23.1 Å². The van der Waals surface area contributed by atoms with Gasteiger partial charge in [-0.2, -0.15) is 0 Å². The lowest BCUT2D eigenvalue weighted by Crippen LogP contribution is -2.38. The van der Waals surface area contributed by atoms with E-state index < -0.39 is 0 Å². The monoisotopic (exact) mass is 305 g/mol. The van der Waals surface area contributed by atoms with Crippen LogP contribution in [0, 0.1) is 6.92 Å². The summed E-state index contributed by atoms with van der Waals surface area (Å²) in [6.45, 7) is 5.29. The Morgan fingerprint density at radius 3 is 2.95 bits per heavy atom. The van der Waals surface area contributed by atoms with E-state index >= 15 is 0 Å². The first-order valence-corrected chi connectivity index (χ1v) is 8.82. The Morgan fingerprint density at radius 2 is 2.20 bits per heavy atom. The molecule has 2 atom stereocenters. The molecule has 0 bridgehead atoms. The Balaban J connectivity index is 1.85. The molecule has 0 fully saturated rings. The molecule has 1 aliphatic rings. The Bertz CT molecular complexity index is 581. The lowest BCUT2D eigenvalue weighted by molar-refractivity contribution is 0.169. The first kappa shape index (κ1) is 14.0. The number of hydrogen-bond donors (Lipinski definition) is 1. The van der Waals surface area contributed by atoms with E-state index in [4.69, 9.17) is 4.74 Å². The number of rotatable bonds is 4. The molecule has 0 spiro atoms. The predicted molar refractivity (Wildman–Crippen MR) is 87.1 cm³/mol. The summed E-state index contributed by atoms with van der Waals surface area (Å²) < 4.78 is 6.25. The fourth-order valence-electron chi connectivity index (χ4n) is 2.52. The fourth-order valence-corrected chi connectivity index (χ4v) is 4.61. The van der Waals surface area contributed by atoms with Crippen LogP contribution in [-0.4, -0.2) is 18.4 Å². The molecular weight excluding hydrogens is 286 g/mol. The summed E-state index contributed by atoms with van der Waals surface area (Å²) >= 11 is 3.71. The molecular formula is C16H19NOS2. The van der Waals surface area contributed by atoms with Crippen molar-refractivity contribution in [3.8, 4) is 5.75 Å². The zero-order valence-corrected chi connectivity index (χ0v) is 13.4. The minimum Gasteiger partial charge on any atom is -0.486 e. The van der Waals surface area contributed by atoms with Gasteiger partial charge in [-0.05, 0) is 42.6 Å². The highest BCUT2D eigenvalue weighted by molar-refractivity contribution is 7.99. The number of likely N-dealkylation sites (N-methyl/N-ethyl adjacent to an activating group) is 1. The molecule has 4 heteroatoms. The summed E-state index contributed by atoms with van der Waals surface area (Å²) in [7, 11) is 0. The minimum atomic E-state index is 0.187. The molecule has 1 aromatic carbocycles. The van der Waals surface area contributed by atoms with Crippen LogP contribution in [0.25, 0.3) is 0 Å². The van der Waals surface area contributed by atoms with Crippen molar-refractivity contribution in [3.05, 3.63) is 46.2 Å². The van der Waals surface area contributed by atoms with Gasteiger partial charge in [0.2, 0.25) is 0 Å². The van der Waals surface area contributed by atoms with Crippen molar-refractivity contribution in [2.75, 3.05) is 12.3 Å². The fraction of sp³-hybridized carbons (Fsp3) is 0.375. The van der Waals surface area contributed by atoms with E-state index in [1.807, 2.05) is 29.2 Å². The lowest BCUT2D eigenvalue weighted by Gasteiger charge is -2.32. The van der Waals surface area contributed by atoms with Gasteiger partial charge in [0.05, 0.1) is 6.04 Å². The van der Waals surface area contributed by atoms with Gasteiger partial charge in [0.1, 0.15) is 11.9 Å². The van der Waals surface area contributed by atoms with Gasteiger partial charge in [0.25, 0.3) is 0 Å². The second-order valence-electron chi connectivity index (χ2n) is 4.92. The number of benzene rings is 1. The van der Waals surface area contributed by atoms with E-state index in [0.29, 0.717) is 0 Å². The maximum Gasteiger partial charge on any atom is 0.133 e. The number of aryl methyl sites for hydroxylation is 1. The van der Waals surface area contributed by atoms with Gasteiger partial charge in [-0.15, -0.1) is 23.1 Å². The van der Waals surface area contributed by atoms with Gasteiger partial charge >= 0.3 is 0 Å². The van der Waals surface area contributed by atoms with Gasteiger partial charge in [-0.25, -0.2) is 0 Å². The van der Waals surface area contributed by atoms with Crippen LogP contribution in [0.1, 0.15) is 23.4 Å². The van der Waals surface area contributed by atoms with Crippen LogP contribution in [0.5, 0.6) is 5.75 Å². The zero-order chi connectivity index (χ0) is 13.9. The van der Waals surface area contributed by atoms with Crippen LogP contribution in [-0.2, 0) is 0 Å². The highest BCUT2D eigenvalue weighted by Crippen LogP contribution is 2.39. The number of hydrogen-bond acceptors (Lipinski definition) is 4. The number of thiophene rings is 1. The summed E-state index contributed by atoms with van der Waals surface area (Å²) in [5.74, 6) is 2.01. The molecule has 1 aromatic heterocycles. The molecule has 1 N–H and O–H groups in total. The Labute approximate surface area is 128 Å². The van der Waals surface area contributed by atoms with Crippen LogP contribution in [0.3, 0.4) is 0 Å². The van der Waals surface area contributed by atoms with Crippen LogP contribution >= 0.6 is 23.1 Å². The third-order valence-corrected chi connectivity index (χ3v) is 5.76. The Morgan fingerprint density at radius 1 is 1.35 bits per heavy atom. The highest BCUT2D eigenvalue weighted by Gasteiger charge is 2.30. The van der Waals surface area contributed by atoms with Gasteiger partial charge in [0, 0.05) is 15.5 Å². The van der Waals surface area contributed by atoms with Gasteiger partial charge < -0.3 is 10.1 Å². The quantitative estimate of drug-likeness (QED) is 0.912. The van der Waals surface area contributed by atoms with Crippen LogP contribution < -0.4 is 10.1 Å². The average molecular weight is 305 g/mol. The Kier molecular flexibility index (Phi) is 4.34. The van der Waals surface area contributed by atoms with Gasteiger partial charge in [0.15, 0.2) is 0 Å². The molecule has 2 heterocycles. The number of ether oxygens (including phenoxy) is 1. The maximum atomic E-state index is 6.25. The maximum absolute atomic E-state index is 6.25. The van der Waals surface area contributed by atoms with Crippen molar-refractivity contribution in [3.63, 3.8) is 0 Å². The first-order chi connectivity index (χ1) is 9.79. The van der Waals surface area contributed by atoms with Gasteiger partial charge in [-0.1, -0.05) is 19.1 Å². The van der Waals surface area contributed by atoms with Crippen LogP contribution in [0.15, 0.2) is 40.6 Å². The van der Waals surface area contributed by atoms with E-state index in [9.17, 15) is 0 Å². The Hall–Kier alpha value is -0.970. The molecule has 2 aromatic rings. The van der Waals surface area contributed by atoms with Crippen molar-refractivity contribution < 1.29 is 4.74 Å². The normalized spacial score (nSPS) is 19.2. The second kappa shape index (κ2) is 6.20. The summed E-state index contributed by atoms with van der Waals surface area (Å²) in [6.07, 6.45) is 0.187. The molecule has 2 nitrogen and oxygen atoms in total. The van der Waals surface area contributed by atoms with E-state index in [2.05, 4.69) is 48.8 Å². The zero-order valence-electron chi connectivity index (χ0n) is 11.8. The molecule has 20 heavy (non-hydrogen) atoms. The summed E-state index contributed by atoms with van der Waals surface area (Å²) in [4.78, 5) is 2.65. The third-order valence-electron chi connectivity index (χ3n) is 3.51. The molecule has 0 amide bonds. The SMILES string of the molecule is CCNC(c1sccc1C)C1CSc2ccccc2O1. The topological polar surface area (TPSA) is 21.3 Å². The van der Waals surface area contributed by atoms with Crippen molar-refractivity contribution in [2.24, 2.45) is 0 Å². The molecule has 106 valence electrons. The average Bonchev–Trinajstić information content (AvgIpc) is 2.90. The van der Waals surface area contributed by atoms with Crippen LogP contribution in [0.4, 0.5) is 0 Å². The number of thioether (sulfide) groups is 1. The molecule has 0 saturated heterocycles. The highest BCUT2D eigenvalue weighted by atomic mass is 32.2. The summed E-state index contributed by atoms with van der Waals surface area (Å²) in [5.41, 5.74) is 1.36. The lowest BCUT2D eigenvalue weighted by atomic mass is 10.1. The van der Waals surface area contributed by atoms with Crippen molar-refractivity contribution in [1.82, 2.24) is 5.32 Å². The number of fused-ring (bicyclic) bond motifs is 1. The van der Waals surface area contributed by atoms with E-state index in [1.54, 1.807) is 0 Å². The molecule has 0 aliphatic carbocycles. The number of para-hydroxylation sites is 1. The molecule has 0 saturated carbocycles. The third kappa shape index (κ3) is 2.73. The second-order valence-corrected chi connectivity index (χ2v) is 6.93. The van der Waals surface area contributed by atoms with Crippen molar-refractivity contribution in [2.45, 2.75) is 30.9 Å². The van der Waals surface area contributed by atoms with Gasteiger partial charge in [-0.3, -0.25) is 0 Å². The standard InChI is InChI=1S/C16H19NOS2/c1-3-17-15(16-11(2)8-9-19-16)13-10-20-14-7-5-4-6-12(14)18-13/h4-9,13,15,17H,3,10H2,1-2H3. The smallest absolute Gasteiger partial charge is 0.133 e. The van der Waals surface area contributed by atoms with E-state index in [1.165, 1.54) is 15.3 Å².